The second kappa shape index (κ2) is 5.65. The average molecular weight is 350 g/mol. The zero-order valence-corrected chi connectivity index (χ0v) is 12.7. The van der Waals surface area contributed by atoms with Gasteiger partial charge < -0.3 is 0 Å². The van der Waals surface area contributed by atoms with Crippen molar-refractivity contribution >= 4 is 28.4 Å². The van der Waals surface area contributed by atoms with E-state index in [0.717, 1.165) is 14.7 Å². The van der Waals surface area contributed by atoms with Gasteiger partial charge in [-0.1, -0.05) is 42.0 Å². The van der Waals surface area contributed by atoms with Gasteiger partial charge in [-0.3, -0.25) is 4.79 Å². The van der Waals surface area contributed by atoms with Crippen molar-refractivity contribution in [1.29, 1.82) is 0 Å². The predicted molar refractivity (Wildman–Crippen MR) is 83.1 cm³/mol. The first-order valence-electron chi connectivity index (χ1n) is 5.92. The Kier molecular flexibility index (Phi) is 4.17. The molecule has 2 aromatic rings. The van der Waals surface area contributed by atoms with Crippen molar-refractivity contribution in [2.45, 2.75) is 20.3 Å². The van der Waals surface area contributed by atoms with E-state index < -0.39 is 0 Å². The van der Waals surface area contributed by atoms with Crippen molar-refractivity contribution in [1.82, 2.24) is 0 Å². The Hall–Kier alpha value is -1.16. The summed E-state index contributed by atoms with van der Waals surface area (Å²) < 4.78 is 1.02. The van der Waals surface area contributed by atoms with Crippen LogP contribution in [0.1, 0.15) is 27.0 Å². The van der Waals surface area contributed by atoms with Gasteiger partial charge in [0.2, 0.25) is 0 Å². The molecule has 0 saturated carbocycles. The summed E-state index contributed by atoms with van der Waals surface area (Å²) >= 11 is 2.21. The van der Waals surface area contributed by atoms with Crippen LogP contribution < -0.4 is 0 Å². The fourth-order valence-corrected chi connectivity index (χ4v) is 2.63. The lowest BCUT2D eigenvalue weighted by Gasteiger charge is -2.07. The van der Waals surface area contributed by atoms with Crippen LogP contribution in [0.5, 0.6) is 0 Å². The summed E-state index contributed by atoms with van der Waals surface area (Å²) in [5.41, 5.74) is 4.32. The molecule has 1 nitrogen and oxygen atoms in total. The number of rotatable bonds is 3. The molecule has 0 N–H and O–H groups in total. The molecule has 0 aliphatic heterocycles. The first-order chi connectivity index (χ1) is 8.58. The SMILES string of the molecule is Cc1ccc(C)c(CC(=O)c2ccccc2I)c1. The van der Waals surface area contributed by atoms with Gasteiger partial charge in [0.05, 0.1) is 0 Å². The van der Waals surface area contributed by atoms with Gasteiger partial charge in [0.1, 0.15) is 0 Å². The highest BCUT2D eigenvalue weighted by Gasteiger charge is 2.11. The van der Waals surface area contributed by atoms with E-state index in [4.69, 9.17) is 0 Å². The van der Waals surface area contributed by atoms with Gasteiger partial charge in [-0.25, -0.2) is 0 Å². The normalized spacial score (nSPS) is 10.4. The third-order valence-corrected chi connectivity index (χ3v) is 3.97. The summed E-state index contributed by atoms with van der Waals surface area (Å²) in [6.07, 6.45) is 0.480. The number of hydrogen-bond donors (Lipinski definition) is 0. The highest BCUT2D eigenvalue weighted by Crippen LogP contribution is 2.17. The maximum atomic E-state index is 12.3. The van der Waals surface area contributed by atoms with Crippen molar-refractivity contribution in [3.8, 4) is 0 Å². The second-order valence-corrected chi connectivity index (χ2v) is 5.67. The smallest absolute Gasteiger partial charge is 0.168 e. The Balaban J connectivity index is 2.27. The van der Waals surface area contributed by atoms with Crippen molar-refractivity contribution in [2.24, 2.45) is 0 Å². The first-order valence-corrected chi connectivity index (χ1v) is 6.99. The van der Waals surface area contributed by atoms with Gasteiger partial charge in [-0.15, -0.1) is 0 Å². The molecule has 0 aromatic heterocycles. The molecule has 0 heterocycles. The zero-order chi connectivity index (χ0) is 13.1. The van der Waals surface area contributed by atoms with E-state index in [9.17, 15) is 4.79 Å². The molecule has 0 bridgehead atoms. The van der Waals surface area contributed by atoms with E-state index >= 15 is 0 Å². The van der Waals surface area contributed by atoms with Gasteiger partial charge in [-0.2, -0.15) is 0 Å². The van der Waals surface area contributed by atoms with E-state index in [1.54, 1.807) is 0 Å². The number of carbonyl (C=O) groups excluding carboxylic acids is 1. The highest BCUT2D eigenvalue weighted by molar-refractivity contribution is 14.1. The summed E-state index contributed by atoms with van der Waals surface area (Å²) in [6, 6.07) is 14.0. The monoisotopic (exact) mass is 350 g/mol. The van der Waals surface area contributed by atoms with E-state index in [1.165, 1.54) is 11.1 Å². The molecular weight excluding hydrogens is 335 g/mol. The molecule has 0 aliphatic rings. The van der Waals surface area contributed by atoms with Crippen LogP contribution in [0, 0.1) is 17.4 Å². The first kappa shape index (κ1) is 13.3. The van der Waals surface area contributed by atoms with Crippen LogP contribution in [0.25, 0.3) is 0 Å². The van der Waals surface area contributed by atoms with Crippen LogP contribution in [0.4, 0.5) is 0 Å². The third-order valence-electron chi connectivity index (χ3n) is 3.03. The molecular formula is C16H15IO. The molecule has 0 radical (unpaired) electrons. The lowest BCUT2D eigenvalue weighted by atomic mass is 9.98. The zero-order valence-electron chi connectivity index (χ0n) is 10.5. The van der Waals surface area contributed by atoms with E-state index in [0.29, 0.717) is 6.42 Å². The number of carbonyl (C=O) groups is 1. The third kappa shape index (κ3) is 2.99. The Bertz CT molecular complexity index is 587. The molecule has 2 aromatic carbocycles. The molecule has 0 aliphatic carbocycles. The van der Waals surface area contributed by atoms with Crippen LogP contribution in [-0.4, -0.2) is 5.78 Å². The van der Waals surface area contributed by atoms with E-state index in [1.807, 2.05) is 24.3 Å². The molecule has 2 heteroatoms. The van der Waals surface area contributed by atoms with Crippen LogP contribution >= 0.6 is 22.6 Å². The maximum absolute atomic E-state index is 12.3. The Morgan fingerprint density at radius 2 is 1.83 bits per heavy atom. The topological polar surface area (TPSA) is 17.1 Å². The molecule has 0 spiro atoms. The summed E-state index contributed by atoms with van der Waals surface area (Å²) in [6.45, 7) is 4.11. The van der Waals surface area contributed by atoms with Gasteiger partial charge in [0.25, 0.3) is 0 Å². The second-order valence-electron chi connectivity index (χ2n) is 4.51. The van der Waals surface area contributed by atoms with Crippen LogP contribution in [0.3, 0.4) is 0 Å². The predicted octanol–water partition coefficient (Wildman–Crippen LogP) is 4.33. The Labute approximate surface area is 121 Å². The minimum Gasteiger partial charge on any atom is -0.294 e. The van der Waals surface area contributed by atoms with E-state index in [2.05, 4.69) is 54.6 Å². The lowest BCUT2D eigenvalue weighted by molar-refractivity contribution is 0.0992. The molecule has 18 heavy (non-hydrogen) atoms. The fourth-order valence-electron chi connectivity index (χ4n) is 1.95. The van der Waals surface area contributed by atoms with Crippen molar-refractivity contribution in [3.05, 3.63) is 68.3 Å². The van der Waals surface area contributed by atoms with Crippen LogP contribution in [0.2, 0.25) is 0 Å². The molecule has 0 unspecified atom stereocenters. The molecule has 0 fully saturated rings. The molecule has 0 amide bonds. The summed E-state index contributed by atoms with van der Waals surface area (Å²) in [5, 5.41) is 0. The standard InChI is InChI=1S/C16H15IO/c1-11-7-8-12(2)13(9-11)10-16(18)14-5-3-4-6-15(14)17/h3-9H,10H2,1-2H3. The largest absolute Gasteiger partial charge is 0.294 e. The number of benzene rings is 2. The number of ketones is 1. The molecule has 0 atom stereocenters. The summed E-state index contributed by atoms with van der Waals surface area (Å²) in [7, 11) is 0. The fraction of sp³-hybridized carbons (Fsp3) is 0.188. The minimum absolute atomic E-state index is 0.189. The highest BCUT2D eigenvalue weighted by atomic mass is 127. The van der Waals surface area contributed by atoms with Crippen molar-refractivity contribution in [2.75, 3.05) is 0 Å². The molecule has 2 rings (SSSR count). The quantitative estimate of drug-likeness (QED) is 0.595. The number of hydrogen-bond acceptors (Lipinski definition) is 1. The lowest BCUT2D eigenvalue weighted by Crippen LogP contribution is -2.06. The number of Topliss-reactive ketones (excluding diaryl/α,β-unsaturated/α-hetero) is 1. The van der Waals surface area contributed by atoms with E-state index in [-0.39, 0.29) is 5.78 Å². The molecule has 92 valence electrons. The van der Waals surface area contributed by atoms with Crippen molar-refractivity contribution in [3.63, 3.8) is 0 Å². The average Bonchev–Trinajstić information content (AvgIpc) is 2.34. The van der Waals surface area contributed by atoms with Gasteiger partial charge in [0.15, 0.2) is 5.78 Å². The Morgan fingerprint density at radius 3 is 2.56 bits per heavy atom. The van der Waals surface area contributed by atoms with Gasteiger partial charge in [0, 0.05) is 15.6 Å². The summed E-state index contributed by atoms with van der Waals surface area (Å²) in [5.74, 6) is 0.189. The van der Waals surface area contributed by atoms with Gasteiger partial charge in [-0.05, 0) is 53.6 Å². The number of halogens is 1. The van der Waals surface area contributed by atoms with Gasteiger partial charge >= 0.3 is 0 Å². The van der Waals surface area contributed by atoms with Crippen LogP contribution in [-0.2, 0) is 6.42 Å². The Morgan fingerprint density at radius 1 is 1.11 bits per heavy atom. The summed E-state index contributed by atoms with van der Waals surface area (Å²) in [4.78, 5) is 12.3. The minimum atomic E-state index is 0.189. The van der Waals surface area contributed by atoms with Crippen LogP contribution in [0.15, 0.2) is 42.5 Å². The number of aryl methyl sites for hydroxylation is 2. The molecule has 0 saturated heterocycles. The van der Waals surface area contributed by atoms with Crippen molar-refractivity contribution < 1.29 is 4.79 Å². The maximum Gasteiger partial charge on any atom is 0.168 e.